The van der Waals surface area contributed by atoms with E-state index in [0.29, 0.717) is 0 Å². The van der Waals surface area contributed by atoms with Gasteiger partial charge < -0.3 is 21.0 Å². The molecule has 0 spiro atoms. The molecule has 0 heterocycles. The molecule has 5 nitrogen and oxygen atoms in total. The Hall–Kier alpha value is -1.75. The van der Waals surface area contributed by atoms with Crippen LogP contribution in [0.5, 0.6) is 5.75 Å². The number of hydrogen-bond acceptors (Lipinski definition) is 4. The summed E-state index contributed by atoms with van der Waals surface area (Å²) in [6.07, 6.45) is 0.861. The molecule has 1 aromatic carbocycles. The first-order chi connectivity index (χ1) is 8.17. The van der Waals surface area contributed by atoms with Crippen LogP contribution in [0.2, 0.25) is 0 Å². The van der Waals surface area contributed by atoms with Crippen LogP contribution in [0.15, 0.2) is 29.4 Å². The van der Waals surface area contributed by atoms with Crippen molar-refractivity contribution in [2.75, 3.05) is 13.7 Å². The van der Waals surface area contributed by atoms with Crippen LogP contribution < -0.4 is 15.8 Å². The van der Waals surface area contributed by atoms with Crippen LogP contribution in [-0.2, 0) is 6.42 Å². The highest BCUT2D eigenvalue weighted by molar-refractivity contribution is 5.84. The smallest absolute Gasteiger partial charge is 0.156 e. The Bertz CT molecular complexity index is 380. The fourth-order valence-electron chi connectivity index (χ4n) is 1.45. The normalized spacial score (nSPS) is 13.4. The number of oxime groups is 1. The number of benzene rings is 1. The predicted octanol–water partition coefficient (Wildman–Crippen LogP) is 0.962. The molecule has 0 aliphatic carbocycles. The van der Waals surface area contributed by atoms with Gasteiger partial charge in [0.25, 0.3) is 0 Å². The van der Waals surface area contributed by atoms with Crippen molar-refractivity contribution in [1.82, 2.24) is 5.32 Å². The molecule has 94 valence electrons. The number of hydrogen-bond donors (Lipinski definition) is 3. The number of nitrogens with one attached hydrogen (secondary N) is 1. The average molecular weight is 237 g/mol. The third-order valence-electron chi connectivity index (χ3n) is 2.56. The second kappa shape index (κ2) is 6.75. The van der Waals surface area contributed by atoms with Crippen molar-refractivity contribution < 1.29 is 9.94 Å². The zero-order valence-corrected chi connectivity index (χ0v) is 10.2. The van der Waals surface area contributed by atoms with Gasteiger partial charge in [0.2, 0.25) is 0 Å². The van der Waals surface area contributed by atoms with Crippen molar-refractivity contribution in [1.29, 1.82) is 0 Å². The Labute approximate surface area is 101 Å². The van der Waals surface area contributed by atoms with E-state index in [4.69, 9.17) is 15.7 Å². The van der Waals surface area contributed by atoms with Crippen LogP contribution in [0.4, 0.5) is 0 Å². The molecule has 0 fully saturated rings. The molecular weight excluding hydrogens is 218 g/mol. The Morgan fingerprint density at radius 2 is 2.35 bits per heavy atom. The largest absolute Gasteiger partial charge is 0.497 e. The zero-order chi connectivity index (χ0) is 12.7. The van der Waals surface area contributed by atoms with Gasteiger partial charge in [0, 0.05) is 0 Å². The molecule has 0 radical (unpaired) electrons. The van der Waals surface area contributed by atoms with Gasteiger partial charge in [-0.1, -0.05) is 17.3 Å². The number of amidine groups is 1. The molecule has 0 bridgehead atoms. The molecule has 0 aliphatic rings. The summed E-state index contributed by atoms with van der Waals surface area (Å²) in [4.78, 5) is 0. The van der Waals surface area contributed by atoms with Crippen LogP contribution in [0.1, 0.15) is 12.5 Å². The first-order valence-electron chi connectivity index (χ1n) is 5.51. The lowest BCUT2D eigenvalue weighted by Gasteiger charge is -2.12. The maximum atomic E-state index is 8.50. The van der Waals surface area contributed by atoms with Gasteiger partial charge in [-0.25, -0.2) is 0 Å². The molecule has 17 heavy (non-hydrogen) atoms. The van der Waals surface area contributed by atoms with E-state index in [1.807, 2.05) is 31.2 Å². The van der Waals surface area contributed by atoms with Crippen LogP contribution in [0, 0.1) is 0 Å². The number of nitrogens with zero attached hydrogens (tertiary/aromatic N) is 1. The first-order valence-corrected chi connectivity index (χ1v) is 5.51. The molecule has 0 amide bonds. The summed E-state index contributed by atoms with van der Waals surface area (Å²) < 4.78 is 5.15. The lowest BCUT2D eigenvalue weighted by Crippen LogP contribution is -2.39. The average Bonchev–Trinajstić information content (AvgIpc) is 2.37. The summed E-state index contributed by atoms with van der Waals surface area (Å²) in [6, 6.07) is 7.77. The summed E-state index contributed by atoms with van der Waals surface area (Å²) in [5, 5.41) is 14.6. The lowest BCUT2D eigenvalue weighted by molar-refractivity contribution is 0.315. The first kappa shape index (κ1) is 13.3. The van der Waals surface area contributed by atoms with E-state index in [1.165, 1.54) is 5.56 Å². The van der Waals surface area contributed by atoms with Crippen LogP contribution in [0.3, 0.4) is 0 Å². The number of ether oxygens (including phenoxy) is 1. The topological polar surface area (TPSA) is 79.9 Å². The Kier molecular flexibility index (Phi) is 5.29. The van der Waals surface area contributed by atoms with Crippen molar-refractivity contribution in [3.63, 3.8) is 0 Å². The second-order valence-electron chi connectivity index (χ2n) is 3.80. The maximum Gasteiger partial charge on any atom is 0.156 e. The molecule has 1 unspecified atom stereocenters. The van der Waals surface area contributed by atoms with E-state index in [-0.39, 0.29) is 11.9 Å². The van der Waals surface area contributed by atoms with E-state index in [9.17, 15) is 0 Å². The third kappa shape index (κ3) is 4.32. The van der Waals surface area contributed by atoms with E-state index in [0.717, 1.165) is 18.7 Å². The fraction of sp³-hybridized carbons (Fsp3) is 0.417. The maximum absolute atomic E-state index is 8.50. The van der Waals surface area contributed by atoms with Gasteiger partial charge in [0.1, 0.15) is 5.75 Å². The van der Waals surface area contributed by atoms with Gasteiger partial charge in [-0.2, -0.15) is 0 Å². The molecule has 0 saturated carbocycles. The van der Waals surface area contributed by atoms with Crippen molar-refractivity contribution >= 4 is 5.84 Å². The molecule has 0 aliphatic heterocycles. The van der Waals surface area contributed by atoms with Gasteiger partial charge in [-0.15, -0.1) is 0 Å². The summed E-state index contributed by atoms with van der Waals surface area (Å²) >= 11 is 0. The Morgan fingerprint density at radius 3 is 3.00 bits per heavy atom. The Morgan fingerprint density at radius 1 is 1.59 bits per heavy atom. The van der Waals surface area contributed by atoms with E-state index < -0.39 is 0 Å². The number of nitrogens with two attached hydrogens (primary N) is 1. The molecule has 5 heteroatoms. The number of methoxy groups -OCH3 is 1. The molecular formula is C12H19N3O2. The standard InChI is InChI=1S/C12H19N3O2/c1-9(12(13)15-16)14-7-6-10-4-3-5-11(8-10)17-2/h3-5,8-9,14,16H,6-7H2,1-2H3,(H2,13,15). The Balaban J connectivity index is 2.40. The molecule has 1 atom stereocenters. The summed E-state index contributed by atoms with van der Waals surface area (Å²) in [7, 11) is 1.65. The SMILES string of the molecule is COc1cccc(CCNC(C)/C(N)=N/O)c1. The fourth-order valence-corrected chi connectivity index (χ4v) is 1.45. The van der Waals surface area contributed by atoms with Crippen LogP contribution >= 0.6 is 0 Å². The summed E-state index contributed by atoms with van der Waals surface area (Å²) in [6.45, 7) is 2.60. The van der Waals surface area contributed by atoms with Crippen molar-refractivity contribution in [3.05, 3.63) is 29.8 Å². The van der Waals surface area contributed by atoms with E-state index >= 15 is 0 Å². The molecule has 1 aromatic rings. The van der Waals surface area contributed by atoms with Crippen LogP contribution in [0.25, 0.3) is 0 Å². The van der Waals surface area contributed by atoms with Gasteiger partial charge >= 0.3 is 0 Å². The van der Waals surface area contributed by atoms with Crippen LogP contribution in [-0.4, -0.2) is 30.7 Å². The second-order valence-corrected chi connectivity index (χ2v) is 3.80. The van der Waals surface area contributed by atoms with Crippen molar-refractivity contribution in [2.45, 2.75) is 19.4 Å². The molecule has 0 aromatic heterocycles. The molecule has 4 N–H and O–H groups in total. The minimum Gasteiger partial charge on any atom is -0.497 e. The third-order valence-corrected chi connectivity index (χ3v) is 2.56. The zero-order valence-electron chi connectivity index (χ0n) is 10.2. The minimum absolute atomic E-state index is 0.134. The molecule has 0 saturated heterocycles. The molecule has 1 rings (SSSR count). The highest BCUT2D eigenvalue weighted by Gasteiger charge is 2.05. The van der Waals surface area contributed by atoms with Crippen molar-refractivity contribution in [2.24, 2.45) is 10.9 Å². The predicted molar refractivity (Wildman–Crippen MR) is 67.6 cm³/mol. The van der Waals surface area contributed by atoms with Gasteiger partial charge in [0.05, 0.1) is 13.2 Å². The van der Waals surface area contributed by atoms with Gasteiger partial charge in [-0.05, 0) is 37.6 Å². The summed E-state index contributed by atoms with van der Waals surface area (Å²) in [5.74, 6) is 1.04. The lowest BCUT2D eigenvalue weighted by atomic mass is 10.1. The highest BCUT2D eigenvalue weighted by Crippen LogP contribution is 2.12. The van der Waals surface area contributed by atoms with E-state index in [2.05, 4.69) is 10.5 Å². The quantitative estimate of drug-likeness (QED) is 0.298. The minimum atomic E-state index is -0.134. The van der Waals surface area contributed by atoms with Gasteiger partial charge in [-0.3, -0.25) is 0 Å². The van der Waals surface area contributed by atoms with Crippen molar-refractivity contribution in [3.8, 4) is 5.75 Å². The summed E-state index contributed by atoms with van der Waals surface area (Å²) in [5.41, 5.74) is 6.64. The highest BCUT2D eigenvalue weighted by atomic mass is 16.5. The monoisotopic (exact) mass is 237 g/mol. The van der Waals surface area contributed by atoms with E-state index in [1.54, 1.807) is 7.11 Å². The van der Waals surface area contributed by atoms with Gasteiger partial charge in [0.15, 0.2) is 5.84 Å². The number of rotatable bonds is 6.